The topological polar surface area (TPSA) is 418 Å². The van der Waals surface area contributed by atoms with Crippen LogP contribution in [0.3, 0.4) is 0 Å². The Morgan fingerprint density at radius 1 is 0.315 bits per heavy atom. The zero-order valence-electron chi connectivity index (χ0n) is 89.2. The molecule has 1 saturated carbocycles. The minimum absolute atomic E-state index is 0.0162. The molecule has 2 unspecified atom stereocenters. The molecule has 0 heterocycles. The molecule has 0 aliphatic heterocycles. The van der Waals surface area contributed by atoms with Gasteiger partial charge in [0, 0.05) is 243 Å². The molecule has 0 aromatic heterocycles. The van der Waals surface area contributed by atoms with Crippen LogP contribution < -0.4 is 68.5 Å². The molecule has 0 saturated heterocycles. The van der Waals surface area contributed by atoms with Gasteiger partial charge in [-0.3, -0.25) is 0 Å². The molecule has 13 N–H and O–H groups in total. The highest BCUT2D eigenvalue weighted by molar-refractivity contribution is 6.42. The summed E-state index contributed by atoms with van der Waals surface area (Å²) >= 11 is 23.1. The van der Waals surface area contributed by atoms with Crippen molar-refractivity contribution in [3.05, 3.63) is 249 Å². The Bertz CT molecular complexity index is 5420. The largest absolute Gasteiger partial charge is 0.506 e. The Hall–Kier alpha value is -15.0. The van der Waals surface area contributed by atoms with Gasteiger partial charge in [0.2, 0.25) is 0 Å². The van der Waals surface area contributed by atoms with Gasteiger partial charge in [-0.05, 0) is 219 Å². The summed E-state index contributed by atoms with van der Waals surface area (Å²) in [6.45, 7) is 11.8. The van der Waals surface area contributed by atoms with E-state index in [0.29, 0.717) is 61.7 Å². The third kappa shape index (κ3) is 52.3. The SMILES string of the molecule is CCOc1ccc(NC(=O)N(C)C)cc1.CN(C)C(=O)NCC1(C)CC(NC(=O)N(C)C)CC(C)(C)C1.CN(C)C(=O)Nc1ccc(Cc2ccc(NC(=O)N(C)C)cc2)cc1.CN(C)C(=O)Nc1ccc(Cl)c(Cl)c1.CN(C)C(=O)Nc1ccc(Cl)cc1.CN(C)C(=O)Nc1ccc(NC(=O)N(C)C)cc1.CN(C)C(=O)Nc1ccccc1.CN(C)C(=O)Nc1ccccc1O.Cc1ccc(NC(=O)N(C)C)cc1Cl. The number of rotatable bonds is 17. The number of benzene rings is 9. The van der Waals surface area contributed by atoms with Gasteiger partial charge in [0.05, 0.1) is 22.3 Å². The molecule has 0 radical (unpaired) electrons. The summed E-state index contributed by atoms with van der Waals surface area (Å²) in [7, 11) is 40.6. The fourth-order valence-corrected chi connectivity index (χ4v) is 12.5. The van der Waals surface area contributed by atoms with Crippen molar-refractivity contribution in [2.24, 2.45) is 10.8 Å². The molecule has 9 aromatic rings. The number of nitrogens with zero attached hydrogens (tertiary/aromatic N) is 12. The molecule has 1 aliphatic carbocycles. The first-order chi connectivity index (χ1) is 68.2. The summed E-state index contributed by atoms with van der Waals surface area (Å²) < 4.78 is 5.29. The second-order valence-corrected chi connectivity index (χ2v) is 38.1. The fourth-order valence-electron chi connectivity index (χ4n) is 11.9. The van der Waals surface area contributed by atoms with Crippen LogP contribution in [-0.2, 0) is 6.42 Å². The molecule has 146 heavy (non-hydrogen) atoms. The number of nitrogens with one attached hydrogen (secondary N) is 12. The summed E-state index contributed by atoms with van der Waals surface area (Å²) in [5.41, 5.74) is 10.4. The molecular weight excluding hydrogens is 1950 g/mol. The Morgan fingerprint density at radius 2 is 0.596 bits per heavy atom. The molecule has 24 amide bonds. The number of phenols is 1. The monoisotopic (exact) mass is 2100 g/mol. The van der Waals surface area contributed by atoms with E-state index in [9.17, 15) is 62.6 Å². The number of aromatic hydroxyl groups is 1. The Balaban J connectivity index is 0.000000561. The van der Waals surface area contributed by atoms with Crippen molar-refractivity contribution in [2.75, 3.05) is 235 Å². The van der Waals surface area contributed by atoms with Crippen molar-refractivity contribution in [2.45, 2.75) is 66.3 Å². The van der Waals surface area contributed by atoms with Crippen LogP contribution in [0.15, 0.2) is 212 Å². The van der Waals surface area contributed by atoms with E-state index in [-0.39, 0.29) is 95.0 Å². The van der Waals surface area contributed by atoms with Crippen molar-refractivity contribution < 1.29 is 67.4 Å². The number of ether oxygens (including phenoxy) is 1. The zero-order valence-corrected chi connectivity index (χ0v) is 92.2. The van der Waals surface area contributed by atoms with Crippen molar-refractivity contribution in [1.82, 2.24) is 69.4 Å². The van der Waals surface area contributed by atoms with Gasteiger partial charge in [-0.25, -0.2) is 57.5 Å². The van der Waals surface area contributed by atoms with E-state index in [1.807, 2.05) is 129 Å². The third-order valence-electron chi connectivity index (χ3n) is 19.8. The third-order valence-corrected chi connectivity index (χ3v) is 21.2. The molecule has 0 spiro atoms. The number of halogens is 4. The number of urea groups is 12. The predicted molar refractivity (Wildman–Crippen MR) is 594 cm³/mol. The molecule has 2 atom stereocenters. The van der Waals surface area contributed by atoms with Gasteiger partial charge >= 0.3 is 72.4 Å². The maximum atomic E-state index is 11.9. The maximum absolute atomic E-state index is 11.9. The summed E-state index contributed by atoms with van der Waals surface area (Å²) in [5.74, 6) is 0.873. The second-order valence-electron chi connectivity index (χ2n) is 36.5. The molecular formula is C104H148Cl4N24O14. The Kier molecular flexibility index (Phi) is 56.2. The first kappa shape index (κ1) is 127. The highest BCUT2D eigenvalue weighted by atomic mass is 35.5. The summed E-state index contributed by atoms with van der Waals surface area (Å²) in [6, 6.07) is 61.3. The lowest BCUT2D eigenvalue weighted by Gasteiger charge is -2.47. The maximum Gasteiger partial charge on any atom is 0.321 e. The number of carbonyl (C=O) groups excluding carboxylic acids is 12. The van der Waals surface area contributed by atoms with Crippen LogP contribution in [0.2, 0.25) is 20.1 Å². The van der Waals surface area contributed by atoms with Crippen LogP contribution in [-0.4, -0.2) is 325 Å². The average molecular weight is 2100 g/mol. The number of para-hydroxylation sites is 3. The number of anilines is 10. The molecule has 9 aromatic carbocycles. The van der Waals surface area contributed by atoms with Gasteiger partial charge in [0.1, 0.15) is 11.5 Å². The van der Waals surface area contributed by atoms with E-state index in [0.717, 1.165) is 76.6 Å². The number of aryl methyl sites for hydroxylation is 1. The highest BCUT2D eigenvalue weighted by Crippen LogP contribution is 2.46. The predicted octanol–water partition coefficient (Wildman–Crippen LogP) is 21.2. The van der Waals surface area contributed by atoms with Crippen LogP contribution in [0, 0.1) is 17.8 Å². The lowest BCUT2D eigenvalue weighted by atomic mass is 9.62. The Labute approximate surface area is 880 Å². The molecule has 42 heteroatoms. The number of hydrogen-bond acceptors (Lipinski definition) is 14. The normalized spacial score (nSPS) is 12.2. The molecule has 1 fully saturated rings. The Morgan fingerprint density at radius 3 is 0.918 bits per heavy atom. The van der Waals surface area contributed by atoms with E-state index in [4.69, 9.17) is 51.1 Å². The molecule has 10 rings (SSSR count). The highest BCUT2D eigenvalue weighted by Gasteiger charge is 2.42. The fraction of sp³-hybridized carbons (Fsp3) is 0.365. The van der Waals surface area contributed by atoms with Gasteiger partial charge in [-0.2, -0.15) is 0 Å². The van der Waals surface area contributed by atoms with E-state index in [1.54, 1.807) is 270 Å². The van der Waals surface area contributed by atoms with Gasteiger partial charge in [0.15, 0.2) is 0 Å². The van der Waals surface area contributed by atoms with Crippen molar-refractivity contribution in [3.63, 3.8) is 0 Å². The number of amides is 24. The van der Waals surface area contributed by atoms with Gasteiger partial charge in [0.25, 0.3) is 0 Å². The molecule has 1 aliphatic rings. The van der Waals surface area contributed by atoms with Crippen LogP contribution in [0.4, 0.5) is 114 Å². The number of hydrogen-bond donors (Lipinski definition) is 13. The molecule has 796 valence electrons. The molecule has 38 nitrogen and oxygen atoms in total. The van der Waals surface area contributed by atoms with Gasteiger partial charge in [-0.15, -0.1) is 0 Å². The van der Waals surface area contributed by atoms with E-state index in [2.05, 4.69) is 84.6 Å². The van der Waals surface area contributed by atoms with Crippen LogP contribution >= 0.6 is 46.4 Å². The van der Waals surface area contributed by atoms with Gasteiger partial charge < -0.3 is 132 Å². The van der Waals surface area contributed by atoms with E-state index in [1.165, 1.54) is 55.1 Å². The van der Waals surface area contributed by atoms with Crippen LogP contribution in [0.1, 0.15) is 63.6 Å². The quantitative estimate of drug-likeness (QED) is 0.0377. The number of phenolic OH excluding ortho intramolecular Hbond substituents is 1. The minimum Gasteiger partial charge on any atom is -0.506 e. The lowest BCUT2D eigenvalue weighted by molar-refractivity contribution is 0.0724. The van der Waals surface area contributed by atoms with E-state index < -0.39 is 0 Å². The van der Waals surface area contributed by atoms with Crippen molar-refractivity contribution in [3.8, 4) is 11.5 Å². The van der Waals surface area contributed by atoms with Crippen molar-refractivity contribution in [1.29, 1.82) is 0 Å². The zero-order chi connectivity index (χ0) is 111. The first-order valence-electron chi connectivity index (χ1n) is 45.8. The van der Waals surface area contributed by atoms with Gasteiger partial charge in [-0.1, -0.05) is 128 Å². The number of carbonyl (C=O) groups is 12. The summed E-state index contributed by atoms with van der Waals surface area (Å²) in [6.07, 6.45) is 3.65. The van der Waals surface area contributed by atoms with Crippen LogP contribution in [0.25, 0.3) is 0 Å². The average Bonchev–Trinajstić information content (AvgIpc) is 0.793. The summed E-state index contributed by atoms with van der Waals surface area (Å²) in [5, 5.41) is 44.7. The lowest BCUT2D eigenvalue weighted by Crippen LogP contribution is -2.52. The summed E-state index contributed by atoms with van der Waals surface area (Å²) in [4.78, 5) is 155. The molecule has 0 bridgehead atoms. The second kappa shape index (κ2) is 64.6. The first-order valence-corrected chi connectivity index (χ1v) is 47.3. The van der Waals surface area contributed by atoms with Crippen molar-refractivity contribution >= 4 is 176 Å². The van der Waals surface area contributed by atoms with Crippen LogP contribution in [0.5, 0.6) is 11.5 Å². The standard InChI is InChI=1S/C19H24N4O2.C16H32N4O2.C12H18N4O2.C11H16N2O2.C10H13ClN2O.C9H10Cl2N2O.C9H11ClN2O.C9H12N2O2.C9H12N2O/c1-22(2)18(24)20-16-9-5-14(6-10-16)13-15-7-11-17(12-8-15)21-19(25)23(3)4;1-15(2)8-12(18-14(22)20(6)7)9-16(3,10-15)11-17-13(21)19(4)5;1-15(2)11(17)13-9-5-7-10(8-6-9)14-12(18)16(3)4;1-4-15-10-7-5-9(6-8-10)12-11(14)13(2)3;1-7-4-5-8(6-9(7)11)12-10(14)13(2)3;1-13(2)9(14)12-6-3-4-7(10)8(11)5-6;1-12(2)9(13)11-8-5-3-7(10)4-6-8;1-11(2)9(13)10-7-5-3-4-6-8(7)12;1-11(2)9(12)10-8-6-4-3-5-7-8/h5-12H,13H2,1-4H3,(H,20,24)(H,21,25);12H,8-11H2,1-7H3,(H,17,21)(H,18,22);5-8H,1-4H3,(H,13,17)(H,14,18);5-8H,4H2,1-3H3,(H,12,14);4-6H,1-3H3,(H,12,14);3-5H,1-2H3,(H,12,14);3-6H,1-2H3,(H,11,13);3-6,12H,1-2H3,(H,10,13);3-7H,1-2H3,(H,10,12). The van der Waals surface area contributed by atoms with E-state index >= 15 is 0 Å². The smallest absolute Gasteiger partial charge is 0.321 e. The minimum atomic E-state index is -0.262.